The Labute approximate surface area is 140 Å². The number of carbonyl (C=O) groups excluding carboxylic acids is 2. The second-order valence-electron chi connectivity index (χ2n) is 4.77. The van der Waals surface area contributed by atoms with Crippen molar-refractivity contribution in [2.45, 2.75) is 19.1 Å². The normalized spacial score (nSPS) is 20.7. The first-order valence-electron chi connectivity index (χ1n) is 6.70. The molecule has 0 bridgehead atoms. The van der Waals surface area contributed by atoms with Crippen molar-refractivity contribution >= 4 is 41.5 Å². The van der Waals surface area contributed by atoms with Gasteiger partial charge in [-0.3, -0.25) is 9.59 Å². The number of ether oxygens (including phenoxy) is 1. The molecule has 1 aliphatic heterocycles. The molecular weight excluding hydrogens is 329 g/mol. The molecule has 122 valence electrons. The van der Waals surface area contributed by atoms with Gasteiger partial charge in [0.2, 0.25) is 5.91 Å². The third-order valence-electron chi connectivity index (χ3n) is 3.31. The Kier molecular flexibility index (Phi) is 7.09. The third kappa shape index (κ3) is 4.33. The highest BCUT2D eigenvalue weighted by Crippen LogP contribution is 2.21. The first-order chi connectivity index (χ1) is 10.0. The van der Waals surface area contributed by atoms with Crippen molar-refractivity contribution in [2.75, 3.05) is 25.5 Å². The second kappa shape index (κ2) is 8.33. The highest BCUT2D eigenvalue weighted by molar-refractivity contribution is 6.34. The summed E-state index contributed by atoms with van der Waals surface area (Å²) >= 11 is 6.05. The largest absolute Gasteiger partial charge is 0.375 e. The summed E-state index contributed by atoms with van der Waals surface area (Å²) in [7, 11) is 1.53. The van der Waals surface area contributed by atoms with E-state index in [1.165, 1.54) is 7.05 Å². The highest BCUT2D eigenvalue weighted by atomic mass is 35.5. The minimum absolute atomic E-state index is 0. The summed E-state index contributed by atoms with van der Waals surface area (Å²) in [5.74, 6) is -0.459. The molecule has 2 amide bonds. The molecule has 0 unspecified atom stereocenters. The van der Waals surface area contributed by atoms with E-state index in [0.29, 0.717) is 24.4 Å². The lowest BCUT2D eigenvalue weighted by Gasteiger charge is -2.29. The maximum Gasteiger partial charge on any atom is 0.252 e. The number of rotatable bonds is 3. The van der Waals surface area contributed by atoms with Crippen LogP contribution in [-0.4, -0.2) is 44.2 Å². The summed E-state index contributed by atoms with van der Waals surface area (Å²) < 4.78 is 5.44. The Morgan fingerprint density at radius 3 is 2.73 bits per heavy atom. The standard InChI is InChI=1S/C14H18ClN3O3.ClH/c1-8-12(17-5-6-21-8)14(20)18-9-3-4-10(11(15)7-9)13(19)16-2;/h3-4,7-8,12,17H,5-6H2,1-2H3,(H,16,19)(H,18,20);1H/t8-,12+;/m1./s1. The van der Waals surface area contributed by atoms with Crippen LogP contribution in [0.2, 0.25) is 5.02 Å². The lowest BCUT2D eigenvalue weighted by Crippen LogP contribution is -2.53. The van der Waals surface area contributed by atoms with E-state index in [4.69, 9.17) is 16.3 Å². The van der Waals surface area contributed by atoms with Gasteiger partial charge < -0.3 is 20.7 Å². The average Bonchev–Trinajstić information content (AvgIpc) is 2.47. The maximum atomic E-state index is 12.2. The summed E-state index contributed by atoms with van der Waals surface area (Å²) in [5, 5.41) is 8.67. The number of benzene rings is 1. The quantitative estimate of drug-likeness (QED) is 0.772. The van der Waals surface area contributed by atoms with Crippen LogP contribution in [0.1, 0.15) is 17.3 Å². The number of amides is 2. The lowest BCUT2D eigenvalue weighted by atomic mass is 10.1. The van der Waals surface area contributed by atoms with Gasteiger partial charge in [0.1, 0.15) is 6.04 Å². The predicted octanol–water partition coefficient (Wildman–Crippen LogP) is 1.44. The van der Waals surface area contributed by atoms with Crippen molar-refractivity contribution in [1.82, 2.24) is 10.6 Å². The molecule has 1 aromatic rings. The smallest absolute Gasteiger partial charge is 0.252 e. The summed E-state index contributed by atoms with van der Waals surface area (Å²) in [6.07, 6.45) is -0.195. The fraction of sp³-hybridized carbons (Fsp3) is 0.429. The van der Waals surface area contributed by atoms with Gasteiger partial charge in [0, 0.05) is 19.3 Å². The molecule has 2 rings (SSSR count). The van der Waals surface area contributed by atoms with Crippen LogP contribution < -0.4 is 16.0 Å². The topological polar surface area (TPSA) is 79.5 Å². The van der Waals surface area contributed by atoms with Crippen molar-refractivity contribution in [3.8, 4) is 0 Å². The fourth-order valence-corrected chi connectivity index (χ4v) is 2.43. The number of hydrogen-bond donors (Lipinski definition) is 3. The number of nitrogens with one attached hydrogen (secondary N) is 3. The van der Waals surface area contributed by atoms with Crippen LogP contribution >= 0.6 is 24.0 Å². The molecule has 1 aromatic carbocycles. The molecule has 0 spiro atoms. The Morgan fingerprint density at radius 2 is 2.14 bits per heavy atom. The van der Waals surface area contributed by atoms with E-state index in [2.05, 4.69) is 16.0 Å². The number of carbonyl (C=O) groups is 2. The molecule has 8 heteroatoms. The van der Waals surface area contributed by atoms with Gasteiger partial charge in [-0.15, -0.1) is 12.4 Å². The Bertz CT molecular complexity index is 554. The minimum Gasteiger partial charge on any atom is -0.375 e. The average molecular weight is 348 g/mol. The molecule has 1 fully saturated rings. The monoisotopic (exact) mass is 347 g/mol. The predicted molar refractivity (Wildman–Crippen MR) is 87.9 cm³/mol. The lowest BCUT2D eigenvalue weighted by molar-refractivity contribution is -0.123. The van der Waals surface area contributed by atoms with Gasteiger partial charge in [0.25, 0.3) is 5.91 Å². The van der Waals surface area contributed by atoms with Crippen molar-refractivity contribution in [3.63, 3.8) is 0 Å². The van der Waals surface area contributed by atoms with Crippen LogP contribution in [0.25, 0.3) is 0 Å². The van der Waals surface area contributed by atoms with Gasteiger partial charge in [0.05, 0.1) is 23.3 Å². The fourth-order valence-electron chi connectivity index (χ4n) is 2.16. The zero-order valence-electron chi connectivity index (χ0n) is 12.3. The van der Waals surface area contributed by atoms with Crippen LogP contribution in [-0.2, 0) is 9.53 Å². The molecule has 0 aliphatic carbocycles. The van der Waals surface area contributed by atoms with Gasteiger partial charge >= 0.3 is 0 Å². The molecule has 1 aliphatic rings. The van der Waals surface area contributed by atoms with Crippen LogP contribution in [0, 0.1) is 0 Å². The molecule has 3 N–H and O–H groups in total. The van der Waals surface area contributed by atoms with Crippen molar-refractivity contribution in [1.29, 1.82) is 0 Å². The van der Waals surface area contributed by atoms with Crippen molar-refractivity contribution in [3.05, 3.63) is 28.8 Å². The molecule has 1 heterocycles. The van der Waals surface area contributed by atoms with E-state index in [9.17, 15) is 9.59 Å². The summed E-state index contributed by atoms with van der Waals surface area (Å²) in [5.41, 5.74) is 0.905. The van der Waals surface area contributed by atoms with Crippen LogP contribution in [0.15, 0.2) is 18.2 Å². The highest BCUT2D eigenvalue weighted by Gasteiger charge is 2.28. The van der Waals surface area contributed by atoms with Crippen molar-refractivity contribution in [2.24, 2.45) is 0 Å². The van der Waals surface area contributed by atoms with E-state index in [-0.39, 0.29) is 35.3 Å². The van der Waals surface area contributed by atoms with Gasteiger partial charge in [0.15, 0.2) is 0 Å². The van der Waals surface area contributed by atoms with Gasteiger partial charge in [-0.1, -0.05) is 11.6 Å². The first kappa shape index (κ1) is 18.7. The third-order valence-corrected chi connectivity index (χ3v) is 3.62. The molecule has 0 aromatic heterocycles. The van der Waals surface area contributed by atoms with Crippen LogP contribution in [0.5, 0.6) is 0 Å². The second-order valence-corrected chi connectivity index (χ2v) is 5.18. The van der Waals surface area contributed by atoms with Crippen molar-refractivity contribution < 1.29 is 14.3 Å². The number of hydrogen-bond acceptors (Lipinski definition) is 4. The van der Waals surface area contributed by atoms with E-state index in [1.807, 2.05) is 6.92 Å². The minimum atomic E-state index is -0.406. The van der Waals surface area contributed by atoms with E-state index in [1.54, 1.807) is 18.2 Å². The number of anilines is 1. The first-order valence-corrected chi connectivity index (χ1v) is 7.08. The zero-order valence-corrected chi connectivity index (χ0v) is 13.9. The van der Waals surface area contributed by atoms with Crippen LogP contribution in [0.3, 0.4) is 0 Å². The van der Waals surface area contributed by atoms with Crippen LogP contribution in [0.4, 0.5) is 5.69 Å². The Hall–Kier alpha value is -1.34. The van der Waals surface area contributed by atoms with E-state index in [0.717, 1.165) is 0 Å². The SMILES string of the molecule is CNC(=O)c1ccc(NC(=O)[C@H]2NCCO[C@@H]2C)cc1Cl.Cl. The molecule has 6 nitrogen and oxygen atoms in total. The van der Waals surface area contributed by atoms with Gasteiger partial charge in [-0.2, -0.15) is 0 Å². The zero-order chi connectivity index (χ0) is 15.4. The summed E-state index contributed by atoms with van der Waals surface area (Å²) in [4.78, 5) is 23.7. The van der Waals surface area contributed by atoms with Gasteiger partial charge in [-0.05, 0) is 25.1 Å². The molecule has 2 atom stereocenters. The van der Waals surface area contributed by atoms with E-state index >= 15 is 0 Å². The van der Waals surface area contributed by atoms with E-state index < -0.39 is 6.04 Å². The molecule has 0 saturated carbocycles. The Morgan fingerprint density at radius 1 is 1.41 bits per heavy atom. The maximum absolute atomic E-state index is 12.2. The molecule has 1 saturated heterocycles. The molecule has 0 radical (unpaired) electrons. The number of morpholine rings is 1. The summed E-state index contributed by atoms with van der Waals surface area (Å²) in [6, 6.07) is 4.36. The molecule has 22 heavy (non-hydrogen) atoms. The Balaban J connectivity index is 0.00000242. The summed E-state index contributed by atoms with van der Waals surface area (Å²) in [6.45, 7) is 3.08. The molecular formula is C14H19Cl2N3O3. The van der Waals surface area contributed by atoms with Gasteiger partial charge in [-0.25, -0.2) is 0 Å². The number of halogens is 2.